The van der Waals surface area contributed by atoms with E-state index in [0.29, 0.717) is 11.4 Å². The van der Waals surface area contributed by atoms with E-state index < -0.39 is 6.10 Å². The van der Waals surface area contributed by atoms with Crippen molar-refractivity contribution in [3.8, 4) is 0 Å². The zero-order chi connectivity index (χ0) is 10.6. The van der Waals surface area contributed by atoms with E-state index >= 15 is 0 Å². The molecule has 0 bridgehead atoms. The van der Waals surface area contributed by atoms with E-state index in [4.69, 9.17) is 16.7 Å². The van der Waals surface area contributed by atoms with Gasteiger partial charge in [0, 0.05) is 5.02 Å². The van der Waals surface area contributed by atoms with E-state index in [0.717, 1.165) is 5.56 Å². The Kier molecular flexibility index (Phi) is 4.39. The van der Waals surface area contributed by atoms with Crippen molar-refractivity contribution in [3.63, 3.8) is 0 Å². The Hall–Kier alpha value is -0.570. The normalized spacial score (nSPS) is 15.1. The summed E-state index contributed by atoms with van der Waals surface area (Å²) >= 11 is 6.00. The second-order valence-corrected chi connectivity index (χ2v) is 3.90. The predicted octanol–water partition coefficient (Wildman–Crippen LogP) is 2.19. The molecule has 2 nitrogen and oxygen atoms in total. The Labute approximate surface area is 89.1 Å². The molecule has 0 heterocycles. The largest absolute Gasteiger partial charge is 0.394 e. The summed E-state index contributed by atoms with van der Waals surface area (Å²) in [4.78, 5) is 0. The van der Waals surface area contributed by atoms with Crippen LogP contribution in [0.2, 0.25) is 5.02 Å². The van der Waals surface area contributed by atoms with Gasteiger partial charge in [-0.2, -0.15) is 0 Å². The van der Waals surface area contributed by atoms with E-state index in [-0.39, 0.29) is 12.5 Å². The van der Waals surface area contributed by atoms with Crippen LogP contribution < -0.4 is 0 Å². The summed E-state index contributed by atoms with van der Waals surface area (Å²) in [6.07, 6.45) is -0.137. The zero-order valence-electron chi connectivity index (χ0n) is 8.15. The molecular formula is C11H15ClO2. The van der Waals surface area contributed by atoms with Gasteiger partial charge in [-0.3, -0.25) is 0 Å². The molecule has 2 unspecified atom stereocenters. The number of rotatable bonds is 4. The summed E-state index contributed by atoms with van der Waals surface area (Å²) in [5.74, 6) is 0.158. The van der Waals surface area contributed by atoms with Crippen LogP contribution in [0.15, 0.2) is 24.3 Å². The highest BCUT2D eigenvalue weighted by Gasteiger charge is 2.13. The number of hydrogen-bond donors (Lipinski definition) is 2. The van der Waals surface area contributed by atoms with Crippen LogP contribution in [-0.4, -0.2) is 22.9 Å². The fourth-order valence-electron chi connectivity index (χ4n) is 1.48. The summed E-state index contributed by atoms with van der Waals surface area (Å²) in [6.45, 7) is 1.79. The molecule has 0 fully saturated rings. The maximum atomic E-state index is 9.29. The van der Waals surface area contributed by atoms with Gasteiger partial charge < -0.3 is 10.2 Å². The molecule has 3 heteroatoms. The molecule has 0 aromatic heterocycles. The van der Waals surface area contributed by atoms with Gasteiger partial charge in [-0.1, -0.05) is 36.7 Å². The minimum absolute atomic E-state index is 0.158. The molecule has 1 rings (SSSR count). The van der Waals surface area contributed by atoms with Gasteiger partial charge in [-0.25, -0.2) is 0 Å². The molecule has 2 N–H and O–H groups in total. The van der Waals surface area contributed by atoms with Gasteiger partial charge >= 0.3 is 0 Å². The molecule has 0 radical (unpaired) electrons. The quantitative estimate of drug-likeness (QED) is 0.807. The van der Waals surface area contributed by atoms with Crippen molar-refractivity contribution in [2.45, 2.75) is 25.4 Å². The second-order valence-electron chi connectivity index (χ2n) is 3.49. The van der Waals surface area contributed by atoms with E-state index in [1.54, 1.807) is 0 Å². The summed E-state index contributed by atoms with van der Waals surface area (Å²) in [7, 11) is 0. The summed E-state index contributed by atoms with van der Waals surface area (Å²) in [6, 6.07) is 7.57. The van der Waals surface area contributed by atoms with Crippen LogP contribution in [0.25, 0.3) is 0 Å². The molecule has 2 atom stereocenters. The van der Waals surface area contributed by atoms with Gasteiger partial charge in [0.15, 0.2) is 0 Å². The molecule has 78 valence electrons. The Bertz CT molecular complexity index is 288. The maximum absolute atomic E-state index is 9.29. The third kappa shape index (κ3) is 2.98. The Balaban J connectivity index is 2.69. The molecule has 0 saturated carbocycles. The van der Waals surface area contributed by atoms with Crippen LogP contribution >= 0.6 is 11.6 Å². The van der Waals surface area contributed by atoms with E-state index in [1.165, 1.54) is 0 Å². The summed E-state index contributed by atoms with van der Waals surface area (Å²) in [5, 5.41) is 18.7. The standard InChI is InChI=1S/C11H15ClO2/c1-8(6-9(14)7-13)10-4-2-3-5-11(10)12/h2-5,8-9,13-14H,6-7H2,1H3. The Morgan fingerprint density at radius 2 is 2.00 bits per heavy atom. The Morgan fingerprint density at radius 1 is 1.36 bits per heavy atom. The minimum Gasteiger partial charge on any atom is -0.394 e. The fraction of sp³-hybridized carbons (Fsp3) is 0.455. The van der Waals surface area contributed by atoms with Gasteiger partial charge in [0.1, 0.15) is 0 Å². The molecule has 14 heavy (non-hydrogen) atoms. The fourth-order valence-corrected chi connectivity index (χ4v) is 1.81. The first-order valence-electron chi connectivity index (χ1n) is 4.68. The van der Waals surface area contributed by atoms with Crippen LogP contribution in [0.5, 0.6) is 0 Å². The zero-order valence-corrected chi connectivity index (χ0v) is 8.91. The average Bonchev–Trinajstić information content (AvgIpc) is 2.18. The van der Waals surface area contributed by atoms with Gasteiger partial charge in [-0.15, -0.1) is 0 Å². The summed E-state index contributed by atoms with van der Waals surface area (Å²) < 4.78 is 0. The topological polar surface area (TPSA) is 40.5 Å². The first kappa shape index (κ1) is 11.5. The second kappa shape index (κ2) is 5.35. The molecule has 0 spiro atoms. The van der Waals surface area contributed by atoms with Crippen LogP contribution in [0.3, 0.4) is 0 Å². The molecule has 1 aromatic carbocycles. The van der Waals surface area contributed by atoms with Crippen molar-refractivity contribution in [1.82, 2.24) is 0 Å². The lowest BCUT2D eigenvalue weighted by Crippen LogP contribution is -2.15. The van der Waals surface area contributed by atoms with Crippen molar-refractivity contribution in [1.29, 1.82) is 0 Å². The van der Waals surface area contributed by atoms with E-state index in [9.17, 15) is 5.11 Å². The minimum atomic E-state index is -0.665. The van der Waals surface area contributed by atoms with Gasteiger partial charge in [0.05, 0.1) is 12.7 Å². The first-order chi connectivity index (χ1) is 6.65. The lowest BCUT2D eigenvalue weighted by Gasteiger charge is -2.16. The number of aliphatic hydroxyl groups is 2. The highest BCUT2D eigenvalue weighted by molar-refractivity contribution is 6.31. The van der Waals surface area contributed by atoms with Crippen LogP contribution in [0.4, 0.5) is 0 Å². The van der Waals surface area contributed by atoms with Crippen molar-refractivity contribution in [2.75, 3.05) is 6.61 Å². The lowest BCUT2D eigenvalue weighted by atomic mass is 9.95. The third-order valence-corrected chi connectivity index (χ3v) is 2.62. The van der Waals surface area contributed by atoms with Gasteiger partial charge in [0.25, 0.3) is 0 Å². The molecule has 0 aliphatic rings. The number of halogens is 1. The number of benzene rings is 1. The molecule has 0 saturated heterocycles. The predicted molar refractivity (Wildman–Crippen MR) is 57.6 cm³/mol. The van der Waals surface area contributed by atoms with Crippen LogP contribution in [0.1, 0.15) is 24.8 Å². The SMILES string of the molecule is CC(CC(O)CO)c1ccccc1Cl. The highest BCUT2D eigenvalue weighted by atomic mass is 35.5. The third-order valence-electron chi connectivity index (χ3n) is 2.27. The van der Waals surface area contributed by atoms with Crippen molar-refractivity contribution in [3.05, 3.63) is 34.9 Å². The number of hydrogen-bond acceptors (Lipinski definition) is 2. The van der Waals surface area contributed by atoms with Crippen LogP contribution in [-0.2, 0) is 0 Å². The smallest absolute Gasteiger partial charge is 0.0776 e. The maximum Gasteiger partial charge on any atom is 0.0776 e. The molecule has 0 amide bonds. The molecule has 0 aliphatic carbocycles. The van der Waals surface area contributed by atoms with Gasteiger partial charge in [-0.05, 0) is 24.0 Å². The number of aliphatic hydroxyl groups excluding tert-OH is 2. The highest BCUT2D eigenvalue weighted by Crippen LogP contribution is 2.27. The molecular weight excluding hydrogens is 200 g/mol. The van der Waals surface area contributed by atoms with E-state index in [1.807, 2.05) is 31.2 Å². The van der Waals surface area contributed by atoms with Crippen LogP contribution in [0, 0.1) is 0 Å². The summed E-state index contributed by atoms with van der Waals surface area (Å²) in [5.41, 5.74) is 1.02. The van der Waals surface area contributed by atoms with Crippen molar-refractivity contribution < 1.29 is 10.2 Å². The van der Waals surface area contributed by atoms with Gasteiger partial charge in [0.2, 0.25) is 0 Å². The monoisotopic (exact) mass is 214 g/mol. The first-order valence-corrected chi connectivity index (χ1v) is 5.06. The molecule has 0 aliphatic heterocycles. The lowest BCUT2D eigenvalue weighted by molar-refractivity contribution is 0.0835. The Morgan fingerprint density at radius 3 is 2.57 bits per heavy atom. The molecule has 1 aromatic rings. The van der Waals surface area contributed by atoms with E-state index in [2.05, 4.69) is 0 Å². The van der Waals surface area contributed by atoms with Crippen molar-refractivity contribution >= 4 is 11.6 Å². The van der Waals surface area contributed by atoms with Crippen molar-refractivity contribution in [2.24, 2.45) is 0 Å². The average molecular weight is 215 g/mol.